The van der Waals surface area contributed by atoms with Gasteiger partial charge in [-0.15, -0.1) is 0 Å². The van der Waals surface area contributed by atoms with Crippen molar-refractivity contribution in [2.75, 3.05) is 5.32 Å². The van der Waals surface area contributed by atoms with E-state index in [1.807, 2.05) is 32.0 Å². The maximum Gasteiger partial charge on any atom is 0.244 e. The van der Waals surface area contributed by atoms with E-state index in [1.165, 1.54) is 29.0 Å². The number of fused-ring (bicyclic) bond motifs is 1. The molecule has 1 amide bonds. The molecular weight excluding hydrogens is 460 g/mol. The summed E-state index contributed by atoms with van der Waals surface area (Å²) in [5.41, 5.74) is 2.31. The molecule has 4 rings (SSSR count). The molecule has 0 aliphatic heterocycles. The predicted octanol–water partition coefficient (Wildman–Crippen LogP) is 4.74. The number of nitrogens with zero attached hydrogens (tertiary/aromatic N) is 1. The second-order valence-corrected chi connectivity index (χ2v) is 10.1. The van der Waals surface area contributed by atoms with E-state index >= 15 is 0 Å². The fourth-order valence-electron chi connectivity index (χ4n) is 3.61. The minimum atomic E-state index is -4.11. The lowest BCUT2D eigenvalue weighted by molar-refractivity contribution is -0.116. The first kappa shape index (κ1) is 22.8. The van der Waals surface area contributed by atoms with Gasteiger partial charge in [0, 0.05) is 22.3 Å². The van der Waals surface area contributed by atoms with Crippen molar-refractivity contribution < 1.29 is 13.2 Å². The molecule has 0 spiro atoms. The number of anilines is 1. The molecule has 0 saturated carbocycles. The summed E-state index contributed by atoms with van der Waals surface area (Å²) in [5.74, 6) is -0.355. The van der Waals surface area contributed by atoms with Gasteiger partial charge in [-0.1, -0.05) is 41.9 Å². The van der Waals surface area contributed by atoms with Crippen LogP contribution in [0, 0.1) is 13.8 Å². The number of carbonyl (C=O) groups is 1. The predicted molar refractivity (Wildman–Crippen MR) is 130 cm³/mol. The molecule has 3 aromatic carbocycles. The summed E-state index contributed by atoms with van der Waals surface area (Å²) in [4.78, 5) is 25.6. The van der Waals surface area contributed by atoms with Crippen LogP contribution in [0.3, 0.4) is 0 Å². The Bertz CT molecular complexity index is 1540. The van der Waals surface area contributed by atoms with Crippen LogP contribution in [-0.4, -0.2) is 18.9 Å². The van der Waals surface area contributed by atoms with Crippen LogP contribution in [-0.2, 0) is 21.2 Å². The highest BCUT2D eigenvalue weighted by molar-refractivity contribution is 7.91. The Labute approximate surface area is 196 Å². The molecule has 0 aliphatic carbocycles. The van der Waals surface area contributed by atoms with Gasteiger partial charge in [-0.05, 0) is 61.4 Å². The maximum atomic E-state index is 13.2. The second kappa shape index (κ2) is 8.84. The van der Waals surface area contributed by atoms with Crippen LogP contribution in [0.2, 0.25) is 5.02 Å². The van der Waals surface area contributed by atoms with Gasteiger partial charge in [-0.3, -0.25) is 9.59 Å². The van der Waals surface area contributed by atoms with E-state index in [-0.39, 0.29) is 22.7 Å². The van der Waals surface area contributed by atoms with Crippen molar-refractivity contribution >= 4 is 43.9 Å². The first-order valence-corrected chi connectivity index (χ1v) is 12.0. The van der Waals surface area contributed by atoms with Crippen molar-refractivity contribution in [1.29, 1.82) is 0 Å². The fourth-order valence-corrected chi connectivity index (χ4v) is 5.17. The van der Waals surface area contributed by atoms with Crippen molar-refractivity contribution in [2.24, 2.45) is 0 Å². The van der Waals surface area contributed by atoms with E-state index < -0.39 is 20.2 Å². The highest BCUT2D eigenvalue weighted by Crippen LogP contribution is 2.23. The smallest absolute Gasteiger partial charge is 0.244 e. The van der Waals surface area contributed by atoms with Gasteiger partial charge in [0.15, 0.2) is 0 Å². The lowest BCUT2D eigenvalue weighted by Gasteiger charge is -2.15. The minimum absolute atomic E-state index is 0.00475. The average molecular weight is 481 g/mol. The summed E-state index contributed by atoms with van der Waals surface area (Å²) >= 11 is 6.10. The summed E-state index contributed by atoms with van der Waals surface area (Å²) in [6.45, 7) is 3.62. The zero-order valence-corrected chi connectivity index (χ0v) is 19.6. The number of hydrogen-bond donors (Lipinski definition) is 1. The van der Waals surface area contributed by atoms with Crippen LogP contribution >= 0.6 is 11.6 Å². The Morgan fingerprint density at radius 2 is 1.73 bits per heavy atom. The molecule has 6 nitrogen and oxygen atoms in total. The van der Waals surface area contributed by atoms with Gasteiger partial charge in [0.05, 0.1) is 10.4 Å². The first-order valence-electron chi connectivity index (χ1n) is 10.2. The molecule has 0 aliphatic rings. The van der Waals surface area contributed by atoms with Crippen LogP contribution in [0.4, 0.5) is 5.69 Å². The monoisotopic (exact) mass is 480 g/mol. The zero-order chi connectivity index (χ0) is 23.8. The van der Waals surface area contributed by atoms with E-state index in [9.17, 15) is 18.0 Å². The number of rotatable bonds is 5. The summed E-state index contributed by atoms with van der Waals surface area (Å²) in [6, 6.07) is 18.0. The molecule has 33 heavy (non-hydrogen) atoms. The molecule has 0 fully saturated rings. The number of carbonyl (C=O) groups excluding carboxylic acids is 1. The van der Waals surface area contributed by atoms with Crippen molar-refractivity contribution in [2.45, 2.75) is 30.2 Å². The van der Waals surface area contributed by atoms with Crippen molar-refractivity contribution in [1.82, 2.24) is 4.57 Å². The Morgan fingerprint density at radius 3 is 2.45 bits per heavy atom. The number of benzene rings is 3. The van der Waals surface area contributed by atoms with E-state index in [1.54, 1.807) is 30.3 Å². The third-order valence-electron chi connectivity index (χ3n) is 5.33. The molecule has 168 valence electrons. The number of hydrogen-bond acceptors (Lipinski definition) is 4. The zero-order valence-electron chi connectivity index (χ0n) is 18.0. The summed E-state index contributed by atoms with van der Waals surface area (Å²) in [6.07, 6.45) is 1.23. The highest BCUT2D eigenvalue weighted by Gasteiger charge is 2.24. The number of halogens is 1. The highest BCUT2D eigenvalue weighted by atomic mass is 35.5. The SMILES string of the molecule is Cc1ccc(C)c(NC(=O)Cn2cc(S(=O)(=O)c3ccccc3)c(=O)c3cc(Cl)ccc32)c1. The Hall–Kier alpha value is -3.42. The van der Waals surface area contributed by atoms with Gasteiger partial charge in [0.1, 0.15) is 11.4 Å². The molecule has 0 unspecified atom stereocenters. The topological polar surface area (TPSA) is 85.2 Å². The molecule has 4 aromatic rings. The molecule has 1 heterocycles. The molecule has 1 aromatic heterocycles. The van der Waals surface area contributed by atoms with Gasteiger partial charge in [-0.25, -0.2) is 8.42 Å². The Kier molecular flexibility index (Phi) is 6.10. The van der Waals surface area contributed by atoms with Gasteiger partial charge in [-0.2, -0.15) is 0 Å². The van der Waals surface area contributed by atoms with Gasteiger partial charge >= 0.3 is 0 Å². The van der Waals surface area contributed by atoms with Crippen LogP contribution in [0.1, 0.15) is 11.1 Å². The van der Waals surface area contributed by atoms with Crippen LogP contribution in [0.15, 0.2) is 87.5 Å². The van der Waals surface area contributed by atoms with Crippen LogP contribution < -0.4 is 10.7 Å². The van der Waals surface area contributed by atoms with Crippen molar-refractivity contribution in [3.8, 4) is 0 Å². The van der Waals surface area contributed by atoms with Crippen molar-refractivity contribution in [3.63, 3.8) is 0 Å². The van der Waals surface area contributed by atoms with Crippen LogP contribution in [0.25, 0.3) is 10.9 Å². The maximum absolute atomic E-state index is 13.2. The molecule has 0 radical (unpaired) electrons. The van der Waals surface area contributed by atoms with E-state index in [4.69, 9.17) is 11.6 Å². The third kappa shape index (κ3) is 4.55. The van der Waals surface area contributed by atoms with Gasteiger partial charge in [0.2, 0.25) is 21.2 Å². The minimum Gasteiger partial charge on any atom is -0.336 e. The normalized spacial score (nSPS) is 11.5. The first-order chi connectivity index (χ1) is 15.7. The van der Waals surface area contributed by atoms with Gasteiger partial charge in [0.25, 0.3) is 0 Å². The van der Waals surface area contributed by atoms with Gasteiger partial charge < -0.3 is 9.88 Å². The molecule has 0 atom stereocenters. The number of aromatic nitrogens is 1. The van der Waals surface area contributed by atoms with E-state index in [2.05, 4.69) is 5.32 Å². The molecule has 0 bridgehead atoms. The van der Waals surface area contributed by atoms with E-state index in [0.717, 1.165) is 11.1 Å². The third-order valence-corrected chi connectivity index (χ3v) is 7.33. The molecule has 0 saturated heterocycles. The number of aryl methyl sites for hydroxylation is 2. The number of sulfone groups is 1. The quantitative estimate of drug-likeness (QED) is 0.447. The Balaban J connectivity index is 1.83. The fraction of sp³-hybridized carbons (Fsp3) is 0.120. The average Bonchev–Trinajstić information content (AvgIpc) is 2.78. The largest absolute Gasteiger partial charge is 0.336 e. The molecule has 1 N–H and O–H groups in total. The number of amides is 1. The second-order valence-electron chi connectivity index (χ2n) is 7.79. The Morgan fingerprint density at radius 1 is 1.00 bits per heavy atom. The number of nitrogens with one attached hydrogen (secondary N) is 1. The lowest BCUT2D eigenvalue weighted by atomic mass is 10.1. The summed E-state index contributed by atoms with van der Waals surface area (Å²) < 4.78 is 28.0. The number of pyridine rings is 1. The van der Waals surface area contributed by atoms with Crippen molar-refractivity contribution in [3.05, 3.63) is 99.3 Å². The summed E-state index contributed by atoms with van der Waals surface area (Å²) in [7, 11) is -4.11. The lowest BCUT2D eigenvalue weighted by Crippen LogP contribution is -2.24. The molecule has 8 heteroatoms. The molecular formula is C25H21ClN2O4S. The standard InChI is InChI=1S/C25H21ClN2O4S/c1-16-8-9-17(2)21(12-16)27-24(29)15-28-14-23(33(31,32)19-6-4-3-5-7-19)25(30)20-13-18(26)10-11-22(20)28/h3-14H,15H2,1-2H3,(H,27,29). The van der Waals surface area contributed by atoms with E-state index in [0.29, 0.717) is 16.2 Å². The van der Waals surface area contributed by atoms with Crippen LogP contribution in [0.5, 0.6) is 0 Å². The summed E-state index contributed by atoms with van der Waals surface area (Å²) in [5, 5.41) is 3.28.